The molecule has 2 N–H and O–H groups in total. The predicted molar refractivity (Wildman–Crippen MR) is 89.0 cm³/mol. The van der Waals surface area contributed by atoms with Gasteiger partial charge in [0.25, 0.3) is 0 Å². The zero-order valence-corrected chi connectivity index (χ0v) is 14.0. The molecule has 0 spiro atoms. The average molecular weight is 351 g/mol. The maximum absolute atomic E-state index is 6.28. The van der Waals surface area contributed by atoms with Crippen LogP contribution in [0.4, 0.5) is 0 Å². The molecular weight excluding hydrogens is 332 g/mol. The maximum atomic E-state index is 6.28. The zero-order chi connectivity index (χ0) is 14.1. The van der Waals surface area contributed by atoms with Crippen LogP contribution in [0.3, 0.4) is 0 Å². The van der Waals surface area contributed by atoms with Crippen LogP contribution < -0.4 is 5.73 Å². The lowest BCUT2D eigenvalue weighted by molar-refractivity contribution is 0.162. The summed E-state index contributed by atoms with van der Waals surface area (Å²) in [4.78, 5) is 3.87. The van der Waals surface area contributed by atoms with Gasteiger partial charge in [0, 0.05) is 24.0 Å². The van der Waals surface area contributed by atoms with Gasteiger partial charge in [-0.2, -0.15) is 0 Å². The Hall–Kier alpha value is -0.680. The summed E-state index contributed by atoms with van der Waals surface area (Å²) < 4.78 is 1.18. The van der Waals surface area contributed by atoms with Crippen LogP contribution >= 0.6 is 27.3 Å². The van der Waals surface area contributed by atoms with Crippen LogP contribution in [0.1, 0.15) is 29.0 Å². The summed E-state index contributed by atoms with van der Waals surface area (Å²) in [7, 11) is 0. The van der Waals surface area contributed by atoms with E-state index in [0.29, 0.717) is 6.04 Å². The van der Waals surface area contributed by atoms with Gasteiger partial charge in [-0.25, -0.2) is 0 Å². The van der Waals surface area contributed by atoms with Crippen molar-refractivity contribution in [2.24, 2.45) is 5.73 Å². The SMILES string of the molecule is CC(N)C(c1ccc(Br)s1)N1CCc2ccccc2C1. The molecule has 0 saturated heterocycles. The maximum Gasteiger partial charge on any atom is 0.0702 e. The third-order valence-electron chi connectivity index (χ3n) is 3.94. The highest BCUT2D eigenvalue weighted by Crippen LogP contribution is 2.35. The summed E-state index contributed by atoms with van der Waals surface area (Å²) in [6.07, 6.45) is 1.12. The molecule has 2 atom stereocenters. The molecule has 2 nitrogen and oxygen atoms in total. The van der Waals surface area contributed by atoms with Gasteiger partial charge in [0.05, 0.1) is 9.83 Å². The number of nitrogens with zero attached hydrogens (tertiary/aromatic N) is 1. The summed E-state index contributed by atoms with van der Waals surface area (Å²) in [5.41, 5.74) is 9.21. The number of benzene rings is 1. The minimum atomic E-state index is 0.130. The van der Waals surface area contributed by atoms with E-state index in [1.807, 2.05) is 0 Å². The molecule has 0 amide bonds. The highest BCUT2D eigenvalue weighted by atomic mass is 79.9. The molecule has 0 radical (unpaired) electrons. The lowest BCUT2D eigenvalue weighted by atomic mass is 9.96. The monoisotopic (exact) mass is 350 g/mol. The Labute approximate surface area is 132 Å². The molecule has 1 aliphatic rings. The normalized spacial score (nSPS) is 18.6. The molecule has 2 unspecified atom stereocenters. The minimum absolute atomic E-state index is 0.130. The Morgan fingerprint density at radius 1 is 1.20 bits per heavy atom. The fraction of sp³-hybridized carbons (Fsp3) is 0.375. The third kappa shape index (κ3) is 2.84. The van der Waals surface area contributed by atoms with Gasteiger partial charge in [0.1, 0.15) is 0 Å². The van der Waals surface area contributed by atoms with E-state index in [-0.39, 0.29) is 6.04 Å². The molecule has 4 heteroatoms. The number of hydrogen-bond donors (Lipinski definition) is 1. The number of hydrogen-bond acceptors (Lipinski definition) is 3. The number of halogens is 1. The number of thiophene rings is 1. The number of rotatable bonds is 3. The highest BCUT2D eigenvalue weighted by Gasteiger charge is 2.28. The smallest absolute Gasteiger partial charge is 0.0702 e. The Morgan fingerprint density at radius 3 is 2.60 bits per heavy atom. The summed E-state index contributed by atoms with van der Waals surface area (Å²) >= 11 is 5.35. The summed E-state index contributed by atoms with van der Waals surface area (Å²) in [5.74, 6) is 0. The molecule has 1 aromatic carbocycles. The quantitative estimate of drug-likeness (QED) is 0.907. The highest BCUT2D eigenvalue weighted by molar-refractivity contribution is 9.11. The fourth-order valence-electron chi connectivity index (χ4n) is 3.01. The van der Waals surface area contributed by atoms with Gasteiger partial charge in [0.15, 0.2) is 0 Å². The Kier molecular flexibility index (Phi) is 4.26. The molecule has 20 heavy (non-hydrogen) atoms. The third-order valence-corrected chi connectivity index (χ3v) is 5.63. The molecule has 0 saturated carbocycles. The standard InChI is InChI=1S/C16H19BrN2S/c1-11(18)16(14-6-7-15(17)20-14)19-9-8-12-4-2-3-5-13(12)10-19/h2-7,11,16H,8-10,18H2,1H3. The molecule has 0 aliphatic carbocycles. The molecule has 106 valence electrons. The van der Waals surface area contributed by atoms with Crippen molar-refractivity contribution in [1.29, 1.82) is 0 Å². The fourth-order valence-corrected chi connectivity index (χ4v) is 4.69. The Bertz CT molecular complexity index is 594. The first-order valence-electron chi connectivity index (χ1n) is 6.97. The second-order valence-corrected chi connectivity index (χ2v) is 7.93. The van der Waals surface area contributed by atoms with E-state index in [1.165, 1.54) is 19.8 Å². The van der Waals surface area contributed by atoms with E-state index in [0.717, 1.165) is 19.5 Å². The lowest BCUT2D eigenvalue weighted by Gasteiger charge is -2.37. The first-order valence-corrected chi connectivity index (χ1v) is 8.58. The number of nitrogens with two attached hydrogens (primary N) is 1. The van der Waals surface area contributed by atoms with Crippen LogP contribution in [0.15, 0.2) is 40.2 Å². The second kappa shape index (κ2) is 5.98. The second-order valence-electron chi connectivity index (χ2n) is 5.44. The van der Waals surface area contributed by atoms with Crippen molar-refractivity contribution in [2.45, 2.75) is 32.0 Å². The molecule has 2 heterocycles. The molecule has 0 fully saturated rings. The topological polar surface area (TPSA) is 29.3 Å². The summed E-state index contributed by atoms with van der Waals surface area (Å²) in [6.45, 7) is 4.19. The van der Waals surface area contributed by atoms with Crippen molar-refractivity contribution < 1.29 is 0 Å². The van der Waals surface area contributed by atoms with Crippen LogP contribution in [0.25, 0.3) is 0 Å². The van der Waals surface area contributed by atoms with Crippen molar-refractivity contribution in [2.75, 3.05) is 6.54 Å². The van der Waals surface area contributed by atoms with Crippen molar-refractivity contribution >= 4 is 27.3 Å². The largest absolute Gasteiger partial charge is 0.326 e. The van der Waals surface area contributed by atoms with E-state index in [2.05, 4.69) is 64.2 Å². The zero-order valence-electron chi connectivity index (χ0n) is 11.6. The van der Waals surface area contributed by atoms with Crippen molar-refractivity contribution in [1.82, 2.24) is 4.90 Å². The first kappa shape index (κ1) is 14.3. The molecule has 1 aromatic heterocycles. The van der Waals surface area contributed by atoms with Crippen molar-refractivity contribution in [3.8, 4) is 0 Å². The van der Waals surface area contributed by atoms with Crippen LogP contribution in [0.5, 0.6) is 0 Å². The molecular formula is C16H19BrN2S. The van der Waals surface area contributed by atoms with E-state index in [9.17, 15) is 0 Å². The summed E-state index contributed by atoms with van der Waals surface area (Å²) in [5, 5.41) is 0. The molecule has 0 bridgehead atoms. The van der Waals surface area contributed by atoms with Gasteiger partial charge in [-0.15, -0.1) is 11.3 Å². The summed E-state index contributed by atoms with van der Waals surface area (Å²) in [6, 6.07) is 13.5. The minimum Gasteiger partial charge on any atom is -0.326 e. The van der Waals surface area contributed by atoms with Crippen LogP contribution in [0.2, 0.25) is 0 Å². The molecule has 1 aliphatic heterocycles. The van der Waals surface area contributed by atoms with Crippen molar-refractivity contribution in [3.63, 3.8) is 0 Å². The molecule has 2 aromatic rings. The van der Waals surface area contributed by atoms with Gasteiger partial charge in [-0.3, -0.25) is 4.90 Å². The van der Waals surface area contributed by atoms with Crippen LogP contribution in [-0.2, 0) is 13.0 Å². The average Bonchev–Trinajstić information content (AvgIpc) is 2.85. The van der Waals surface area contributed by atoms with Gasteiger partial charge in [-0.1, -0.05) is 24.3 Å². The first-order chi connectivity index (χ1) is 9.65. The van der Waals surface area contributed by atoms with Gasteiger partial charge in [-0.05, 0) is 52.5 Å². The Balaban J connectivity index is 1.87. The van der Waals surface area contributed by atoms with E-state index in [1.54, 1.807) is 11.3 Å². The van der Waals surface area contributed by atoms with E-state index < -0.39 is 0 Å². The van der Waals surface area contributed by atoms with Crippen molar-refractivity contribution in [3.05, 3.63) is 56.2 Å². The van der Waals surface area contributed by atoms with Gasteiger partial charge >= 0.3 is 0 Å². The van der Waals surface area contributed by atoms with Gasteiger partial charge < -0.3 is 5.73 Å². The van der Waals surface area contributed by atoms with E-state index >= 15 is 0 Å². The number of fused-ring (bicyclic) bond motifs is 1. The Morgan fingerprint density at radius 2 is 1.95 bits per heavy atom. The lowest BCUT2D eigenvalue weighted by Crippen LogP contribution is -2.41. The predicted octanol–water partition coefficient (Wildman–Crippen LogP) is 3.96. The van der Waals surface area contributed by atoms with Crippen LogP contribution in [-0.4, -0.2) is 17.5 Å². The van der Waals surface area contributed by atoms with Gasteiger partial charge in [0.2, 0.25) is 0 Å². The van der Waals surface area contributed by atoms with Crippen LogP contribution in [0, 0.1) is 0 Å². The van der Waals surface area contributed by atoms with E-state index in [4.69, 9.17) is 5.73 Å². The molecule has 3 rings (SSSR count).